The molecule has 0 bridgehead atoms. The molecule has 8 heteroatoms. The SMILES string of the molecule is COc1ccccc1C(C)N(C)CC(=O)NCCc1ccc(S(N)(=O)=O)cc1. The Morgan fingerprint density at radius 1 is 1.18 bits per heavy atom. The first kappa shape index (κ1) is 21.9. The fourth-order valence-corrected chi connectivity index (χ4v) is 3.38. The van der Waals surface area contributed by atoms with Crippen LogP contribution >= 0.6 is 0 Å². The zero-order valence-corrected chi connectivity index (χ0v) is 17.2. The molecular weight excluding hydrogens is 378 g/mol. The van der Waals surface area contributed by atoms with Gasteiger partial charge in [0.15, 0.2) is 0 Å². The Bertz CT molecular complexity index is 898. The molecule has 3 N–H and O–H groups in total. The Labute approximate surface area is 166 Å². The number of nitrogens with one attached hydrogen (secondary N) is 1. The van der Waals surface area contributed by atoms with Gasteiger partial charge in [-0.25, -0.2) is 13.6 Å². The fraction of sp³-hybridized carbons (Fsp3) is 0.350. The molecule has 0 fully saturated rings. The Morgan fingerprint density at radius 2 is 1.82 bits per heavy atom. The van der Waals surface area contributed by atoms with E-state index in [0.717, 1.165) is 16.9 Å². The van der Waals surface area contributed by atoms with Gasteiger partial charge in [-0.3, -0.25) is 9.69 Å². The first-order valence-corrected chi connectivity index (χ1v) is 10.5. The number of carbonyl (C=O) groups excluding carboxylic acids is 1. The van der Waals surface area contributed by atoms with Crippen molar-refractivity contribution >= 4 is 15.9 Å². The summed E-state index contributed by atoms with van der Waals surface area (Å²) in [7, 11) is -0.163. The largest absolute Gasteiger partial charge is 0.496 e. The van der Waals surface area contributed by atoms with Gasteiger partial charge in [0.05, 0.1) is 18.6 Å². The van der Waals surface area contributed by atoms with Gasteiger partial charge in [0.1, 0.15) is 5.75 Å². The van der Waals surface area contributed by atoms with E-state index < -0.39 is 10.0 Å². The maximum absolute atomic E-state index is 12.2. The van der Waals surface area contributed by atoms with E-state index in [0.29, 0.717) is 13.0 Å². The molecule has 152 valence electrons. The predicted molar refractivity (Wildman–Crippen MR) is 109 cm³/mol. The summed E-state index contributed by atoms with van der Waals surface area (Å²) in [6.07, 6.45) is 0.600. The molecule has 0 spiro atoms. The number of para-hydroxylation sites is 1. The molecule has 0 heterocycles. The van der Waals surface area contributed by atoms with E-state index in [-0.39, 0.29) is 23.4 Å². The predicted octanol–water partition coefficient (Wildman–Crippen LogP) is 1.69. The summed E-state index contributed by atoms with van der Waals surface area (Å²) in [5.74, 6) is 0.718. The Balaban J connectivity index is 1.83. The molecule has 0 aromatic heterocycles. The van der Waals surface area contributed by atoms with Crippen LogP contribution < -0.4 is 15.2 Å². The van der Waals surface area contributed by atoms with Crippen LogP contribution in [0.3, 0.4) is 0 Å². The molecule has 2 rings (SSSR count). The van der Waals surface area contributed by atoms with Crippen LogP contribution in [-0.2, 0) is 21.2 Å². The van der Waals surface area contributed by atoms with E-state index in [4.69, 9.17) is 9.88 Å². The van der Waals surface area contributed by atoms with Crippen LogP contribution in [-0.4, -0.2) is 46.5 Å². The van der Waals surface area contributed by atoms with E-state index in [1.54, 1.807) is 19.2 Å². The average molecular weight is 406 g/mol. The van der Waals surface area contributed by atoms with Crippen LogP contribution in [0.1, 0.15) is 24.1 Å². The number of hydrogen-bond donors (Lipinski definition) is 2. The monoisotopic (exact) mass is 405 g/mol. The van der Waals surface area contributed by atoms with Gasteiger partial charge in [-0.05, 0) is 44.2 Å². The highest BCUT2D eigenvalue weighted by Gasteiger charge is 2.17. The van der Waals surface area contributed by atoms with Gasteiger partial charge in [0.2, 0.25) is 15.9 Å². The highest BCUT2D eigenvalue weighted by Crippen LogP contribution is 2.27. The Hall–Kier alpha value is -2.42. The third-order valence-corrected chi connectivity index (χ3v) is 5.56. The van der Waals surface area contributed by atoms with Gasteiger partial charge in [0, 0.05) is 18.2 Å². The van der Waals surface area contributed by atoms with E-state index in [1.165, 1.54) is 12.1 Å². The summed E-state index contributed by atoms with van der Waals surface area (Å²) in [5.41, 5.74) is 1.94. The standard InChI is InChI=1S/C20H27N3O4S/c1-15(18-6-4-5-7-19(18)27-3)23(2)14-20(24)22-13-12-16-8-10-17(11-9-16)28(21,25)26/h4-11,15H,12-14H2,1-3H3,(H,22,24)(H2,21,25,26). The van der Waals surface area contributed by atoms with Crippen molar-refractivity contribution in [3.8, 4) is 5.75 Å². The molecular formula is C20H27N3O4S. The number of benzene rings is 2. The van der Waals surface area contributed by atoms with E-state index in [2.05, 4.69) is 5.32 Å². The smallest absolute Gasteiger partial charge is 0.238 e. The number of ether oxygens (including phenoxy) is 1. The van der Waals surface area contributed by atoms with E-state index in [9.17, 15) is 13.2 Å². The molecule has 0 aliphatic heterocycles. The third-order valence-electron chi connectivity index (χ3n) is 4.63. The molecule has 2 aromatic rings. The second kappa shape index (κ2) is 9.68. The van der Waals surface area contributed by atoms with Gasteiger partial charge < -0.3 is 10.1 Å². The minimum Gasteiger partial charge on any atom is -0.496 e. The van der Waals surface area contributed by atoms with Crippen LogP contribution in [0.2, 0.25) is 0 Å². The van der Waals surface area contributed by atoms with Crippen molar-refractivity contribution in [2.75, 3.05) is 27.2 Å². The van der Waals surface area contributed by atoms with Crippen LogP contribution in [0.5, 0.6) is 5.75 Å². The van der Waals surface area contributed by atoms with Crippen molar-refractivity contribution in [1.82, 2.24) is 10.2 Å². The molecule has 1 atom stereocenters. The van der Waals surface area contributed by atoms with Crippen molar-refractivity contribution in [3.63, 3.8) is 0 Å². The summed E-state index contributed by atoms with van der Waals surface area (Å²) < 4.78 is 27.9. The van der Waals surface area contributed by atoms with E-state index >= 15 is 0 Å². The lowest BCUT2D eigenvalue weighted by Gasteiger charge is -2.25. The number of likely N-dealkylation sites (N-methyl/N-ethyl adjacent to an activating group) is 1. The highest BCUT2D eigenvalue weighted by molar-refractivity contribution is 7.89. The molecule has 2 aromatic carbocycles. The summed E-state index contributed by atoms with van der Waals surface area (Å²) >= 11 is 0. The number of rotatable bonds is 9. The second-order valence-electron chi connectivity index (χ2n) is 6.62. The molecule has 0 aliphatic rings. The van der Waals surface area contributed by atoms with Crippen molar-refractivity contribution in [2.45, 2.75) is 24.3 Å². The normalized spacial score (nSPS) is 12.6. The fourth-order valence-electron chi connectivity index (χ4n) is 2.86. The first-order chi connectivity index (χ1) is 13.2. The molecule has 1 unspecified atom stereocenters. The number of amides is 1. The quantitative estimate of drug-likeness (QED) is 0.661. The highest BCUT2D eigenvalue weighted by atomic mass is 32.2. The maximum atomic E-state index is 12.2. The lowest BCUT2D eigenvalue weighted by atomic mass is 10.1. The van der Waals surface area contributed by atoms with Crippen molar-refractivity contribution in [3.05, 3.63) is 59.7 Å². The molecule has 0 saturated carbocycles. The number of methoxy groups -OCH3 is 1. The molecule has 0 aliphatic carbocycles. The zero-order valence-electron chi connectivity index (χ0n) is 16.4. The number of nitrogens with two attached hydrogens (primary N) is 1. The minimum atomic E-state index is -3.69. The van der Waals surface area contributed by atoms with Crippen molar-refractivity contribution in [2.24, 2.45) is 5.14 Å². The van der Waals surface area contributed by atoms with Gasteiger partial charge >= 0.3 is 0 Å². The zero-order chi connectivity index (χ0) is 20.7. The number of primary sulfonamides is 1. The van der Waals surface area contributed by atoms with Gasteiger partial charge in [-0.15, -0.1) is 0 Å². The Morgan fingerprint density at radius 3 is 2.43 bits per heavy atom. The summed E-state index contributed by atoms with van der Waals surface area (Å²) in [5, 5.41) is 7.97. The summed E-state index contributed by atoms with van der Waals surface area (Å²) in [4.78, 5) is 14.3. The third kappa shape index (κ3) is 6.05. The number of sulfonamides is 1. The van der Waals surface area contributed by atoms with Crippen LogP contribution in [0, 0.1) is 0 Å². The maximum Gasteiger partial charge on any atom is 0.238 e. The Kier molecular flexibility index (Phi) is 7.56. The van der Waals surface area contributed by atoms with Crippen molar-refractivity contribution < 1.29 is 17.9 Å². The lowest BCUT2D eigenvalue weighted by Crippen LogP contribution is -2.37. The molecule has 28 heavy (non-hydrogen) atoms. The topological polar surface area (TPSA) is 102 Å². The first-order valence-electron chi connectivity index (χ1n) is 8.94. The minimum absolute atomic E-state index is 0.0210. The molecule has 1 amide bonds. The van der Waals surface area contributed by atoms with Gasteiger partial charge in [-0.2, -0.15) is 0 Å². The van der Waals surface area contributed by atoms with E-state index in [1.807, 2.05) is 43.1 Å². The van der Waals surface area contributed by atoms with Gasteiger partial charge in [0.25, 0.3) is 0 Å². The molecule has 7 nitrogen and oxygen atoms in total. The van der Waals surface area contributed by atoms with Gasteiger partial charge in [-0.1, -0.05) is 30.3 Å². The summed E-state index contributed by atoms with van der Waals surface area (Å²) in [6, 6.07) is 14.1. The van der Waals surface area contributed by atoms with Crippen molar-refractivity contribution in [1.29, 1.82) is 0 Å². The summed E-state index contributed by atoms with van der Waals surface area (Å²) in [6.45, 7) is 2.74. The number of hydrogen-bond acceptors (Lipinski definition) is 5. The van der Waals surface area contributed by atoms with Crippen LogP contribution in [0.25, 0.3) is 0 Å². The molecule has 0 radical (unpaired) electrons. The van der Waals surface area contributed by atoms with Crippen LogP contribution in [0.4, 0.5) is 0 Å². The number of carbonyl (C=O) groups is 1. The average Bonchev–Trinajstić information content (AvgIpc) is 2.67. The van der Waals surface area contributed by atoms with Crippen LogP contribution in [0.15, 0.2) is 53.4 Å². The lowest BCUT2D eigenvalue weighted by molar-refractivity contribution is -0.122. The number of nitrogens with zero attached hydrogens (tertiary/aromatic N) is 1. The molecule has 0 saturated heterocycles. The second-order valence-corrected chi connectivity index (χ2v) is 8.18.